The first-order valence-corrected chi connectivity index (χ1v) is 7.91. The molecule has 0 aliphatic carbocycles. The third-order valence-corrected chi connectivity index (χ3v) is 4.04. The molecule has 0 aliphatic heterocycles. The Labute approximate surface area is 106 Å². The third-order valence-electron chi connectivity index (χ3n) is 2.50. The number of hydrogen-bond acceptors (Lipinski definition) is 4. The van der Waals surface area contributed by atoms with Crippen LogP contribution in [0.15, 0.2) is 17.5 Å². The van der Waals surface area contributed by atoms with E-state index in [1.165, 1.54) is 4.88 Å². The average molecular weight is 259 g/mol. The fraction of sp³-hybridized carbons (Fsp3) is 0.667. The molecule has 2 atom stereocenters. The largest absolute Gasteiger partial charge is 0.395 e. The lowest BCUT2D eigenvalue weighted by molar-refractivity contribution is 0.230. The van der Waals surface area contributed by atoms with E-state index in [9.17, 15) is 5.11 Å². The summed E-state index contributed by atoms with van der Waals surface area (Å²) in [7, 11) is 0. The molecule has 1 aromatic heterocycles. The zero-order valence-corrected chi connectivity index (χ0v) is 11.6. The van der Waals surface area contributed by atoms with Crippen LogP contribution in [0.4, 0.5) is 0 Å². The van der Waals surface area contributed by atoms with Gasteiger partial charge in [-0.25, -0.2) is 0 Å². The van der Waals surface area contributed by atoms with Crippen LogP contribution in [0.2, 0.25) is 0 Å². The van der Waals surface area contributed by atoms with Gasteiger partial charge in [0, 0.05) is 17.0 Å². The molecule has 2 N–H and O–H groups in total. The highest BCUT2D eigenvalue weighted by Gasteiger charge is 2.11. The Bertz CT molecular complexity index is 264. The highest BCUT2D eigenvalue weighted by Crippen LogP contribution is 2.11. The molecule has 4 heteroatoms. The summed E-state index contributed by atoms with van der Waals surface area (Å²) in [6.07, 6.45) is 4.18. The second kappa shape index (κ2) is 8.12. The molecule has 16 heavy (non-hydrogen) atoms. The maximum atomic E-state index is 9.26. The van der Waals surface area contributed by atoms with Crippen LogP contribution in [0.1, 0.15) is 18.2 Å². The van der Waals surface area contributed by atoms with Gasteiger partial charge in [0.1, 0.15) is 0 Å². The van der Waals surface area contributed by atoms with Crippen molar-refractivity contribution in [1.29, 1.82) is 0 Å². The van der Waals surface area contributed by atoms with Gasteiger partial charge >= 0.3 is 0 Å². The smallest absolute Gasteiger partial charge is 0.0585 e. The summed E-state index contributed by atoms with van der Waals surface area (Å²) in [6, 6.07) is 4.92. The molecule has 1 aromatic rings. The van der Waals surface area contributed by atoms with Gasteiger partial charge in [0.15, 0.2) is 0 Å². The molecule has 0 aromatic carbocycles. The Balaban J connectivity index is 2.28. The zero-order chi connectivity index (χ0) is 11.8. The van der Waals surface area contributed by atoms with Gasteiger partial charge < -0.3 is 10.4 Å². The van der Waals surface area contributed by atoms with Crippen molar-refractivity contribution in [2.24, 2.45) is 0 Å². The number of nitrogens with one attached hydrogen (secondary N) is 1. The molecule has 0 amide bonds. The molecule has 0 spiro atoms. The zero-order valence-electron chi connectivity index (χ0n) is 9.98. The van der Waals surface area contributed by atoms with Gasteiger partial charge in [0.05, 0.1) is 6.61 Å². The summed E-state index contributed by atoms with van der Waals surface area (Å²) in [5, 5.41) is 14.9. The molecule has 0 radical (unpaired) electrons. The van der Waals surface area contributed by atoms with Crippen LogP contribution in [-0.2, 0) is 6.42 Å². The Morgan fingerprint density at radius 1 is 1.56 bits per heavy atom. The Morgan fingerprint density at radius 3 is 2.94 bits per heavy atom. The minimum atomic E-state index is 0.231. The van der Waals surface area contributed by atoms with Crippen molar-refractivity contribution in [3.05, 3.63) is 22.4 Å². The van der Waals surface area contributed by atoms with Crippen LogP contribution in [0.25, 0.3) is 0 Å². The summed E-state index contributed by atoms with van der Waals surface area (Å²) in [5.41, 5.74) is 0. The van der Waals surface area contributed by atoms with Gasteiger partial charge in [0.25, 0.3) is 0 Å². The fourth-order valence-electron chi connectivity index (χ4n) is 1.68. The van der Waals surface area contributed by atoms with E-state index >= 15 is 0 Å². The standard InChI is InChI=1S/C12H21NOS2/c1-10(8-12-4-3-6-16-12)13-11(9-14)5-7-15-2/h3-4,6,10-11,13-14H,5,7-9H2,1-2H3. The molecule has 0 fully saturated rings. The van der Waals surface area contributed by atoms with E-state index in [-0.39, 0.29) is 12.6 Å². The van der Waals surface area contributed by atoms with E-state index in [2.05, 4.69) is 36.0 Å². The lowest BCUT2D eigenvalue weighted by atomic mass is 10.1. The predicted molar refractivity (Wildman–Crippen MR) is 74.5 cm³/mol. The Kier molecular flexibility index (Phi) is 7.12. The van der Waals surface area contributed by atoms with Crippen molar-refractivity contribution in [1.82, 2.24) is 5.32 Å². The maximum Gasteiger partial charge on any atom is 0.0585 e. The van der Waals surface area contributed by atoms with E-state index in [1.807, 2.05) is 11.8 Å². The molecular weight excluding hydrogens is 238 g/mol. The van der Waals surface area contributed by atoms with Gasteiger partial charge in [-0.1, -0.05) is 6.07 Å². The van der Waals surface area contributed by atoms with Crippen LogP contribution in [0.3, 0.4) is 0 Å². The molecule has 92 valence electrons. The minimum Gasteiger partial charge on any atom is -0.395 e. The topological polar surface area (TPSA) is 32.3 Å². The van der Waals surface area contributed by atoms with Crippen LogP contribution < -0.4 is 5.32 Å². The average Bonchev–Trinajstić information content (AvgIpc) is 2.76. The van der Waals surface area contributed by atoms with E-state index in [0.717, 1.165) is 18.6 Å². The third kappa shape index (κ3) is 5.34. The second-order valence-electron chi connectivity index (χ2n) is 4.01. The quantitative estimate of drug-likeness (QED) is 0.752. The number of aliphatic hydroxyl groups is 1. The van der Waals surface area contributed by atoms with Gasteiger partial charge in [-0.3, -0.25) is 0 Å². The van der Waals surface area contributed by atoms with Crippen molar-refractivity contribution in [3.63, 3.8) is 0 Å². The van der Waals surface area contributed by atoms with E-state index in [0.29, 0.717) is 6.04 Å². The van der Waals surface area contributed by atoms with Gasteiger partial charge in [0.2, 0.25) is 0 Å². The van der Waals surface area contributed by atoms with Crippen molar-refractivity contribution < 1.29 is 5.11 Å². The molecular formula is C12H21NOS2. The number of aliphatic hydroxyl groups excluding tert-OH is 1. The van der Waals surface area contributed by atoms with Crippen LogP contribution >= 0.6 is 23.1 Å². The molecule has 0 bridgehead atoms. The number of thioether (sulfide) groups is 1. The maximum absolute atomic E-state index is 9.26. The fourth-order valence-corrected chi connectivity index (χ4v) is 3.03. The summed E-state index contributed by atoms with van der Waals surface area (Å²) < 4.78 is 0. The first-order chi connectivity index (χ1) is 7.76. The predicted octanol–water partition coefficient (Wildman–Crippen LogP) is 2.38. The van der Waals surface area contributed by atoms with Gasteiger partial charge in [-0.2, -0.15) is 11.8 Å². The first-order valence-electron chi connectivity index (χ1n) is 5.64. The van der Waals surface area contributed by atoms with E-state index in [1.54, 1.807) is 11.3 Å². The van der Waals surface area contributed by atoms with Crippen LogP contribution in [0, 0.1) is 0 Å². The van der Waals surface area contributed by atoms with Crippen molar-refractivity contribution in [2.45, 2.75) is 31.8 Å². The van der Waals surface area contributed by atoms with Gasteiger partial charge in [-0.05, 0) is 43.2 Å². The van der Waals surface area contributed by atoms with Crippen LogP contribution in [0.5, 0.6) is 0 Å². The van der Waals surface area contributed by atoms with E-state index < -0.39 is 0 Å². The minimum absolute atomic E-state index is 0.231. The molecule has 1 heterocycles. The number of thiophene rings is 1. The first kappa shape index (κ1) is 14.0. The normalized spacial score (nSPS) is 14.9. The molecule has 1 rings (SSSR count). The number of hydrogen-bond donors (Lipinski definition) is 2. The molecule has 0 saturated heterocycles. The Hall–Kier alpha value is -0.0300. The lowest BCUT2D eigenvalue weighted by Gasteiger charge is -2.21. The van der Waals surface area contributed by atoms with Crippen molar-refractivity contribution >= 4 is 23.1 Å². The van der Waals surface area contributed by atoms with Crippen molar-refractivity contribution in [2.75, 3.05) is 18.6 Å². The SMILES string of the molecule is CSCCC(CO)NC(C)Cc1cccs1. The second-order valence-corrected chi connectivity index (χ2v) is 6.03. The lowest BCUT2D eigenvalue weighted by Crippen LogP contribution is -2.40. The Morgan fingerprint density at radius 2 is 2.38 bits per heavy atom. The summed E-state index contributed by atoms with van der Waals surface area (Å²) in [6.45, 7) is 2.41. The van der Waals surface area contributed by atoms with Crippen molar-refractivity contribution in [3.8, 4) is 0 Å². The summed E-state index contributed by atoms with van der Waals surface area (Å²) in [5.74, 6) is 1.10. The van der Waals surface area contributed by atoms with Crippen LogP contribution in [-0.4, -0.2) is 35.8 Å². The molecule has 2 nitrogen and oxygen atoms in total. The molecule has 0 aliphatic rings. The van der Waals surface area contributed by atoms with E-state index in [4.69, 9.17) is 0 Å². The monoisotopic (exact) mass is 259 g/mol. The number of rotatable bonds is 8. The van der Waals surface area contributed by atoms with Gasteiger partial charge in [-0.15, -0.1) is 11.3 Å². The highest BCUT2D eigenvalue weighted by atomic mass is 32.2. The molecule has 0 saturated carbocycles. The summed E-state index contributed by atoms with van der Waals surface area (Å²) in [4.78, 5) is 1.40. The summed E-state index contributed by atoms with van der Waals surface area (Å²) >= 11 is 3.63. The molecule has 2 unspecified atom stereocenters. The highest BCUT2D eigenvalue weighted by molar-refractivity contribution is 7.98.